The predicted molar refractivity (Wildman–Crippen MR) is 89.2 cm³/mol. The molecule has 1 atom stereocenters. The van der Waals surface area contributed by atoms with Crippen LogP contribution in [-0.4, -0.2) is 35.1 Å². The van der Waals surface area contributed by atoms with E-state index in [-0.39, 0.29) is 17.7 Å². The van der Waals surface area contributed by atoms with Gasteiger partial charge in [-0.05, 0) is 30.5 Å². The number of nitrogens with zero attached hydrogens (tertiary/aromatic N) is 2. The summed E-state index contributed by atoms with van der Waals surface area (Å²) in [5, 5.41) is 13.1. The van der Waals surface area contributed by atoms with Crippen molar-refractivity contribution in [2.45, 2.75) is 33.2 Å². The lowest BCUT2D eigenvalue weighted by Crippen LogP contribution is -2.46. The van der Waals surface area contributed by atoms with Gasteiger partial charge in [0.2, 0.25) is 17.7 Å². The van der Waals surface area contributed by atoms with Crippen LogP contribution in [0.2, 0.25) is 0 Å². The monoisotopic (exact) mass is 330 g/mol. The highest BCUT2D eigenvalue weighted by Gasteiger charge is 2.21. The van der Waals surface area contributed by atoms with Crippen LogP contribution in [0, 0.1) is 12.8 Å². The van der Waals surface area contributed by atoms with E-state index in [1.165, 1.54) is 0 Å². The van der Waals surface area contributed by atoms with E-state index in [1.807, 2.05) is 13.8 Å². The zero-order chi connectivity index (χ0) is 17.7. The highest BCUT2D eigenvalue weighted by Crippen LogP contribution is 2.19. The van der Waals surface area contributed by atoms with Gasteiger partial charge in [0.05, 0.1) is 0 Å². The average Bonchev–Trinajstić information content (AvgIpc) is 2.99. The first-order valence-electron chi connectivity index (χ1n) is 7.83. The Kier molecular flexibility index (Phi) is 5.68. The first-order chi connectivity index (χ1) is 11.4. The van der Waals surface area contributed by atoms with E-state index < -0.39 is 6.04 Å². The fraction of sp³-hybridized carbons (Fsp3) is 0.412. The van der Waals surface area contributed by atoms with E-state index in [9.17, 15) is 9.59 Å². The van der Waals surface area contributed by atoms with Crippen LogP contribution in [0.3, 0.4) is 0 Å². The van der Waals surface area contributed by atoms with Crippen LogP contribution in [0.25, 0.3) is 11.5 Å². The Labute approximate surface area is 140 Å². The van der Waals surface area contributed by atoms with Crippen molar-refractivity contribution in [3.8, 4) is 11.5 Å². The maximum absolute atomic E-state index is 12.5. The summed E-state index contributed by atoms with van der Waals surface area (Å²) in [5.74, 6) is 0.562. The third-order valence-corrected chi connectivity index (χ3v) is 3.47. The predicted octanol–water partition coefficient (Wildman–Crippen LogP) is 1.94. The molecule has 0 aliphatic heterocycles. The molecule has 0 saturated carbocycles. The first kappa shape index (κ1) is 17.7. The second-order valence-electron chi connectivity index (χ2n) is 5.98. The highest BCUT2D eigenvalue weighted by atomic mass is 16.4. The molecular formula is C17H22N4O3. The summed E-state index contributed by atoms with van der Waals surface area (Å²) < 4.78 is 5.38. The number of rotatable bonds is 6. The molecule has 0 aliphatic rings. The molecule has 0 unspecified atom stereocenters. The lowest BCUT2D eigenvalue weighted by molar-refractivity contribution is -0.122. The topological polar surface area (TPSA) is 97.1 Å². The molecule has 0 saturated heterocycles. The third kappa shape index (κ3) is 4.41. The van der Waals surface area contributed by atoms with Crippen LogP contribution in [0.15, 0.2) is 28.7 Å². The van der Waals surface area contributed by atoms with Crippen molar-refractivity contribution >= 4 is 11.8 Å². The minimum atomic E-state index is -0.572. The van der Waals surface area contributed by atoms with Crippen LogP contribution in [0.1, 0.15) is 36.5 Å². The number of aryl methyl sites for hydroxylation is 1. The van der Waals surface area contributed by atoms with E-state index in [2.05, 4.69) is 20.8 Å². The molecule has 128 valence electrons. The van der Waals surface area contributed by atoms with Crippen molar-refractivity contribution in [1.82, 2.24) is 20.8 Å². The van der Waals surface area contributed by atoms with Crippen LogP contribution in [-0.2, 0) is 4.79 Å². The summed E-state index contributed by atoms with van der Waals surface area (Å²) in [5.41, 5.74) is 1.09. The maximum Gasteiger partial charge on any atom is 0.251 e. The van der Waals surface area contributed by atoms with Gasteiger partial charge in [0, 0.05) is 25.1 Å². The van der Waals surface area contributed by atoms with Crippen molar-refractivity contribution in [2.75, 3.05) is 7.05 Å². The zero-order valence-electron chi connectivity index (χ0n) is 14.3. The molecule has 2 rings (SSSR count). The largest absolute Gasteiger partial charge is 0.421 e. The number of carbonyl (C=O) groups excluding carboxylic acids is 2. The van der Waals surface area contributed by atoms with E-state index in [1.54, 1.807) is 38.2 Å². The molecule has 0 fully saturated rings. The Morgan fingerprint density at radius 1 is 1.25 bits per heavy atom. The molecule has 24 heavy (non-hydrogen) atoms. The van der Waals surface area contributed by atoms with Crippen LogP contribution < -0.4 is 10.6 Å². The molecule has 1 heterocycles. The molecule has 1 aromatic heterocycles. The number of likely N-dealkylation sites (N-methyl/N-ethyl adjacent to an activating group) is 1. The first-order valence-corrected chi connectivity index (χ1v) is 7.83. The van der Waals surface area contributed by atoms with Crippen molar-refractivity contribution < 1.29 is 14.0 Å². The van der Waals surface area contributed by atoms with Gasteiger partial charge >= 0.3 is 0 Å². The lowest BCUT2D eigenvalue weighted by atomic mass is 10.0. The summed E-state index contributed by atoms with van der Waals surface area (Å²) in [6.07, 6.45) is 0.563. The van der Waals surface area contributed by atoms with Crippen LogP contribution >= 0.6 is 0 Å². The molecule has 0 bridgehead atoms. The van der Waals surface area contributed by atoms with E-state index in [4.69, 9.17) is 4.42 Å². The summed E-state index contributed by atoms with van der Waals surface area (Å²) in [4.78, 5) is 24.4. The normalized spacial score (nSPS) is 12.0. The summed E-state index contributed by atoms with van der Waals surface area (Å²) in [7, 11) is 1.56. The second-order valence-corrected chi connectivity index (χ2v) is 5.98. The smallest absolute Gasteiger partial charge is 0.251 e. The molecule has 7 heteroatoms. The van der Waals surface area contributed by atoms with E-state index >= 15 is 0 Å². The number of hydrogen-bond acceptors (Lipinski definition) is 5. The molecular weight excluding hydrogens is 308 g/mol. The van der Waals surface area contributed by atoms with E-state index in [0.29, 0.717) is 29.3 Å². The fourth-order valence-electron chi connectivity index (χ4n) is 2.33. The Morgan fingerprint density at radius 2 is 2.00 bits per heavy atom. The van der Waals surface area contributed by atoms with Gasteiger partial charge in [-0.3, -0.25) is 9.59 Å². The van der Waals surface area contributed by atoms with Crippen molar-refractivity contribution in [2.24, 2.45) is 5.92 Å². The standard InChI is InChI=1S/C17H22N4O3/c1-10(2)8-14(16(23)18-4)19-15(22)12-6-5-7-13(9-12)17-21-20-11(3)24-17/h5-7,9-10,14H,8H2,1-4H3,(H,18,23)(H,19,22)/t14-/m1/s1. The molecule has 7 nitrogen and oxygen atoms in total. The molecule has 2 aromatic rings. The van der Waals surface area contributed by atoms with Crippen molar-refractivity contribution in [3.63, 3.8) is 0 Å². The minimum Gasteiger partial charge on any atom is -0.421 e. The van der Waals surface area contributed by atoms with Crippen molar-refractivity contribution in [3.05, 3.63) is 35.7 Å². The van der Waals surface area contributed by atoms with Gasteiger partial charge in [-0.15, -0.1) is 10.2 Å². The quantitative estimate of drug-likeness (QED) is 0.843. The average molecular weight is 330 g/mol. The van der Waals surface area contributed by atoms with Gasteiger partial charge in [0.25, 0.3) is 5.91 Å². The van der Waals surface area contributed by atoms with Gasteiger partial charge in [0.1, 0.15) is 6.04 Å². The van der Waals surface area contributed by atoms with Crippen molar-refractivity contribution in [1.29, 1.82) is 0 Å². The number of benzene rings is 1. The van der Waals surface area contributed by atoms with Gasteiger partial charge in [-0.25, -0.2) is 0 Å². The fourth-order valence-corrected chi connectivity index (χ4v) is 2.33. The zero-order valence-corrected chi connectivity index (χ0v) is 14.3. The summed E-state index contributed by atoms with van der Waals surface area (Å²) in [6, 6.07) is 6.29. The van der Waals surface area contributed by atoms with E-state index in [0.717, 1.165) is 0 Å². The third-order valence-electron chi connectivity index (χ3n) is 3.47. The number of amides is 2. The maximum atomic E-state index is 12.5. The molecule has 2 N–H and O–H groups in total. The molecule has 0 spiro atoms. The summed E-state index contributed by atoms with van der Waals surface area (Å²) in [6.45, 7) is 5.70. The second kappa shape index (κ2) is 7.72. The SMILES string of the molecule is CNC(=O)[C@@H](CC(C)C)NC(=O)c1cccc(-c2nnc(C)o2)c1. The Hall–Kier alpha value is -2.70. The number of carbonyl (C=O) groups is 2. The Morgan fingerprint density at radius 3 is 2.58 bits per heavy atom. The molecule has 1 aromatic carbocycles. The van der Waals surface area contributed by atoms with Crippen LogP contribution in [0.4, 0.5) is 0 Å². The molecule has 0 aliphatic carbocycles. The Bertz CT molecular complexity index is 724. The van der Waals surface area contributed by atoms with Gasteiger partial charge in [-0.1, -0.05) is 19.9 Å². The molecule has 0 radical (unpaired) electrons. The lowest BCUT2D eigenvalue weighted by Gasteiger charge is -2.19. The van der Waals surface area contributed by atoms with Gasteiger partial charge < -0.3 is 15.1 Å². The number of nitrogens with one attached hydrogen (secondary N) is 2. The van der Waals surface area contributed by atoms with Gasteiger partial charge in [0.15, 0.2) is 0 Å². The number of aromatic nitrogens is 2. The molecule has 2 amide bonds. The number of hydrogen-bond donors (Lipinski definition) is 2. The minimum absolute atomic E-state index is 0.208. The van der Waals surface area contributed by atoms with Crippen LogP contribution in [0.5, 0.6) is 0 Å². The van der Waals surface area contributed by atoms with Gasteiger partial charge in [-0.2, -0.15) is 0 Å². The Balaban J connectivity index is 2.18. The highest BCUT2D eigenvalue weighted by molar-refractivity contribution is 5.98. The summed E-state index contributed by atoms with van der Waals surface area (Å²) >= 11 is 0.